The van der Waals surface area contributed by atoms with Crippen molar-refractivity contribution >= 4 is 98.0 Å². The molecule has 0 bridgehead atoms. The van der Waals surface area contributed by atoms with E-state index in [-0.39, 0.29) is 26.8 Å². The number of rotatable bonds is 11. The van der Waals surface area contributed by atoms with E-state index in [1.54, 1.807) is 24.3 Å². The highest BCUT2D eigenvalue weighted by Gasteiger charge is 2.28. The van der Waals surface area contributed by atoms with Crippen LogP contribution in [0, 0.1) is 0 Å². The number of anilines is 4. The predicted molar refractivity (Wildman–Crippen MR) is 175 cm³/mol. The Morgan fingerprint density at radius 2 is 1.46 bits per heavy atom. The molecule has 5 rings (SSSR count). The number of benzene rings is 4. The van der Waals surface area contributed by atoms with Crippen LogP contribution >= 0.6 is 11.6 Å². The molecule has 5 aromatic rings. The third kappa shape index (κ3) is 8.62. The van der Waals surface area contributed by atoms with Crippen LogP contribution in [0.5, 0.6) is 5.75 Å². The molecule has 25 heteroatoms. The second-order valence-electron chi connectivity index (χ2n) is 9.57. The fraction of sp³-hybridized carbons (Fsp3) is 0. The molecule has 0 spiro atoms. The summed E-state index contributed by atoms with van der Waals surface area (Å²) in [5.74, 6) is -2.00. The Bertz CT molecular complexity index is 2640. The van der Waals surface area contributed by atoms with Crippen LogP contribution in [0.2, 0.25) is 5.28 Å². The summed E-state index contributed by atoms with van der Waals surface area (Å²) in [5, 5.41) is 10.2. The Kier molecular flexibility index (Phi) is 9.76. The van der Waals surface area contributed by atoms with E-state index in [4.69, 9.17) is 15.8 Å². The van der Waals surface area contributed by atoms with Gasteiger partial charge in [0.1, 0.15) is 10.6 Å². The number of azo groups is 1. The highest BCUT2D eigenvalue weighted by Crippen LogP contribution is 2.38. The van der Waals surface area contributed by atoms with E-state index >= 15 is 0 Å². The van der Waals surface area contributed by atoms with Gasteiger partial charge in [-0.2, -0.15) is 58.0 Å². The van der Waals surface area contributed by atoms with Crippen molar-refractivity contribution in [1.82, 2.24) is 15.0 Å². The van der Waals surface area contributed by atoms with E-state index in [1.807, 2.05) is 0 Å². The van der Waals surface area contributed by atoms with Gasteiger partial charge in [0.25, 0.3) is 26.2 Å². The lowest BCUT2D eigenvalue weighted by molar-refractivity contribution is 0.388. The van der Waals surface area contributed by atoms with Gasteiger partial charge in [-0.05, 0) is 59.5 Å². The molecule has 1 heterocycles. The summed E-state index contributed by atoms with van der Waals surface area (Å²) in [4.78, 5) is 9.43. The number of aromatic nitrogens is 3. The smallest absolute Gasteiger partial charge is 0.359 e. The van der Waals surface area contributed by atoms with Crippen molar-refractivity contribution in [2.24, 2.45) is 10.2 Å². The fourth-order valence-corrected chi connectivity index (χ4v) is 6.59. The number of halogens is 1. The predicted octanol–water partition coefficient (Wildman–Crippen LogP) is 4.45. The van der Waals surface area contributed by atoms with Crippen LogP contribution in [0.25, 0.3) is 10.8 Å². The fourth-order valence-electron chi connectivity index (χ4n) is 4.25. The van der Waals surface area contributed by atoms with Gasteiger partial charge in [-0.15, -0.1) is 5.11 Å². The van der Waals surface area contributed by atoms with Crippen LogP contribution in [0.4, 0.5) is 34.6 Å². The summed E-state index contributed by atoms with van der Waals surface area (Å²) in [6.07, 6.45) is 0. The van der Waals surface area contributed by atoms with Crippen molar-refractivity contribution in [3.63, 3.8) is 0 Å². The Hall–Kier alpha value is -4.92. The number of nitrogens with one attached hydrogen (secondary N) is 1. The minimum absolute atomic E-state index is 0.0968. The molecule has 0 fully saturated rings. The number of fused-ring (bicyclic) bond motifs is 1. The van der Waals surface area contributed by atoms with E-state index in [0.717, 1.165) is 12.1 Å². The van der Waals surface area contributed by atoms with Gasteiger partial charge in [-0.3, -0.25) is 18.2 Å². The molecule has 0 aliphatic carbocycles. The number of nitrogens with zero attached hydrogens (tertiary/aromatic N) is 6. The first-order valence-corrected chi connectivity index (χ1v) is 19.0. The van der Waals surface area contributed by atoms with E-state index < -0.39 is 79.3 Å². The average Bonchev–Trinajstić information content (AvgIpc) is 2.98. The molecular weight excluding hydrogens is 770 g/mol. The van der Waals surface area contributed by atoms with Crippen LogP contribution in [0.15, 0.2) is 98.9 Å². The molecule has 262 valence electrons. The molecule has 0 saturated carbocycles. The van der Waals surface area contributed by atoms with Gasteiger partial charge < -0.3 is 9.50 Å². The maximum atomic E-state index is 12.6. The lowest BCUT2D eigenvalue weighted by Crippen LogP contribution is -2.27. The first-order valence-electron chi connectivity index (χ1n) is 12.9. The zero-order valence-electron chi connectivity index (χ0n) is 24.2. The van der Waals surface area contributed by atoms with E-state index in [1.165, 1.54) is 24.3 Å². The van der Waals surface area contributed by atoms with E-state index in [0.29, 0.717) is 23.6 Å². The minimum Gasteiger partial charge on any atom is -0.359 e. The van der Waals surface area contributed by atoms with Gasteiger partial charge in [-0.1, -0.05) is 36.4 Å². The van der Waals surface area contributed by atoms with Gasteiger partial charge in [0, 0.05) is 5.39 Å². The van der Waals surface area contributed by atoms with Gasteiger partial charge in [0.15, 0.2) is 5.75 Å². The van der Waals surface area contributed by atoms with Crippen molar-refractivity contribution in [3.05, 3.63) is 84.1 Å². The Morgan fingerprint density at radius 1 is 0.740 bits per heavy atom. The third-order valence-electron chi connectivity index (χ3n) is 6.17. The highest BCUT2D eigenvalue weighted by atomic mass is 35.5. The lowest BCUT2D eigenvalue weighted by Gasteiger charge is -2.19. The lowest BCUT2D eigenvalue weighted by atomic mass is 10.1. The summed E-state index contributed by atoms with van der Waals surface area (Å²) in [5.41, 5.74) is -1.36. The zero-order valence-corrected chi connectivity index (χ0v) is 28.2. The topological polar surface area (TPSA) is 305 Å². The second-order valence-corrected chi connectivity index (χ2v) is 15.0. The van der Waals surface area contributed by atoms with Gasteiger partial charge in [0.2, 0.25) is 11.2 Å². The Morgan fingerprint density at radius 3 is 2.12 bits per heavy atom. The maximum absolute atomic E-state index is 12.6. The SMILES string of the molecule is O=S(=O)(O)Oc1c(N=Nc2cccc(N(c3nc(Cl)nc(Nc4cc(S(=O)(=O)O)ccc4S(=O)(=O)O)n3)S(=O)(=O)O)c2)ccc2ccccc12. The Balaban J connectivity index is 1.56. The largest absolute Gasteiger partial charge is 0.446 e. The van der Waals surface area contributed by atoms with Crippen molar-refractivity contribution < 1.29 is 56.1 Å². The maximum Gasteiger partial charge on any atom is 0.446 e. The summed E-state index contributed by atoms with van der Waals surface area (Å²) in [6.45, 7) is 0. The minimum atomic E-state index is -5.31. The van der Waals surface area contributed by atoms with Gasteiger partial charge in [0.05, 0.1) is 22.0 Å². The summed E-state index contributed by atoms with van der Waals surface area (Å²) >= 11 is 5.97. The molecule has 1 aromatic heterocycles. The van der Waals surface area contributed by atoms with Crippen molar-refractivity contribution in [2.45, 2.75) is 9.79 Å². The Labute approximate surface area is 287 Å². The molecular formula is C25H18ClN7O13S4. The highest BCUT2D eigenvalue weighted by molar-refractivity contribution is 7.87. The van der Waals surface area contributed by atoms with Crippen molar-refractivity contribution in [2.75, 3.05) is 9.62 Å². The summed E-state index contributed by atoms with van der Waals surface area (Å²) in [7, 11) is -20.2. The van der Waals surface area contributed by atoms with Crippen LogP contribution in [-0.2, 0) is 40.9 Å². The van der Waals surface area contributed by atoms with Crippen molar-refractivity contribution in [1.29, 1.82) is 0 Å². The number of hydrogen-bond acceptors (Lipinski definition) is 15. The average molecular weight is 788 g/mol. The first-order chi connectivity index (χ1) is 23.2. The quantitative estimate of drug-likeness (QED) is 0.0911. The molecule has 50 heavy (non-hydrogen) atoms. The standard InChI is InChI=1S/C25H18ClN7O13S4/c26-23-28-24(27-20-13-17(47(34,35)36)9-11-21(20)48(37,38)39)30-25(29-23)33(49(40,41)42)16-6-3-5-15(12-16)31-32-19-10-8-14-4-1-2-7-18(14)22(19)46-50(43,44)45/h1-13H,(H,34,35,36)(H,37,38,39)(H,40,41,42)(H,43,44,45)(H,27,28,29,30). The van der Waals surface area contributed by atoms with E-state index in [2.05, 4.69) is 30.5 Å². The van der Waals surface area contributed by atoms with Gasteiger partial charge >= 0.3 is 20.7 Å². The van der Waals surface area contributed by atoms with E-state index in [9.17, 15) is 51.9 Å². The van der Waals surface area contributed by atoms with Crippen LogP contribution in [0.1, 0.15) is 0 Å². The monoisotopic (exact) mass is 787 g/mol. The molecule has 0 unspecified atom stereocenters. The molecule has 0 aliphatic rings. The van der Waals surface area contributed by atoms with Crippen molar-refractivity contribution in [3.8, 4) is 5.75 Å². The second kappa shape index (κ2) is 13.4. The molecule has 0 amide bonds. The van der Waals surface area contributed by atoms with Crippen LogP contribution in [0.3, 0.4) is 0 Å². The third-order valence-corrected chi connectivity index (χ3v) is 9.31. The molecule has 5 N–H and O–H groups in total. The normalized spacial score (nSPS) is 12.7. The zero-order chi connectivity index (χ0) is 36.6. The molecule has 20 nitrogen and oxygen atoms in total. The van der Waals surface area contributed by atoms with Crippen LogP contribution in [-0.4, -0.2) is 66.8 Å². The molecule has 0 atom stereocenters. The molecule has 0 aliphatic heterocycles. The van der Waals surface area contributed by atoms with Crippen LogP contribution < -0.4 is 13.8 Å². The summed E-state index contributed by atoms with van der Waals surface area (Å²) in [6, 6.07) is 16.0. The summed E-state index contributed by atoms with van der Waals surface area (Å²) < 4.78 is 139. The molecule has 0 radical (unpaired) electrons. The first kappa shape index (κ1) is 36.4. The number of hydrogen-bond donors (Lipinski definition) is 5. The molecule has 4 aromatic carbocycles. The molecule has 0 saturated heterocycles. The van der Waals surface area contributed by atoms with Gasteiger partial charge in [-0.25, -0.2) is 0 Å².